The van der Waals surface area contributed by atoms with Crippen molar-refractivity contribution in [1.82, 2.24) is 9.55 Å². The van der Waals surface area contributed by atoms with Crippen molar-refractivity contribution in [3.05, 3.63) is 71.2 Å². The minimum absolute atomic E-state index is 0.0743. The van der Waals surface area contributed by atoms with E-state index >= 15 is 0 Å². The van der Waals surface area contributed by atoms with Gasteiger partial charge in [-0.2, -0.15) is 26.3 Å². The van der Waals surface area contributed by atoms with Crippen LogP contribution >= 0.6 is 0 Å². The molecule has 0 spiro atoms. The lowest BCUT2D eigenvalue weighted by molar-refractivity contribution is -0.376. The Morgan fingerprint density at radius 1 is 1.00 bits per heavy atom. The number of oxazole rings is 1. The van der Waals surface area contributed by atoms with Crippen molar-refractivity contribution in [1.29, 1.82) is 0 Å². The maximum Gasteiger partial charge on any atom is 0.430 e. The van der Waals surface area contributed by atoms with E-state index < -0.39 is 36.1 Å². The Morgan fingerprint density at radius 3 is 2.21 bits per heavy atom. The third-order valence-electron chi connectivity index (χ3n) is 6.01. The predicted molar refractivity (Wildman–Crippen MR) is 122 cm³/mol. The second-order valence-corrected chi connectivity index (χ2v) is 8.58. The molecule has 0 bridgehead atoms. The molecule has 0 aliphatic heterocycles. The van der Waals surface area contributed by atoms with Crippen molar-refractivity contribution >= 4 is 16.9 Å². The summed E-state index contributed by atoms with van der Waals surface area (Å²) in [6.07, 6.45) is -12.0. The zero-order valence-corrected chi connectivity index (χ0v) is 19.8. The van der Waals surface area contributed by atoms with Crippen LogP contribution in [0.5, 0.6) is 5.75 Å². The van der Waals surface area contributed by atoms with Gasteiger partial charge in [-0.15, -0.1) is 0 Å². The molecule has 0 amide bonds. The highest BCUT2D eigenvalue weighted by Gasteiger charge is 2.71. The molecule has 7 nitrogen and oxygen atoms in total. The fourth-order valence-electron chi connectivity index (χ4n) is 4.02. The Kier molecular flexibility index (Phi) is 6.68. The van der Waals surface area contributed by atoms with E-state index in [1.54, 1.807) is 42.7 Å². The first-order chi connectivity index (χ1) is 17.6. The van der Waals surface area contributed by atoms with Crippen molar-refractivity contribution in [2.24, 2.45) is 0 Å². The van der Waals surface area contributed by atoms with Gasteiger partial charge in [0.25, 0.3) is 5.60 Å². The van der Waals surface area contributed by atoms with Gasteiger partial charge in [0, 0.05) is 27.7 Å². The summed E-state index contributed by atoms with van der Waals surface area (Å²) in [6.45, 7) is 2.89. The summed E-state index contributed by atoms with van der Waals surface area (Å²) >= 11 is 0. The lowest BCUT2D eigenvalue weighted by Crippen LogP contribution is -2.53. The smallest absolute Gasteiger partial charge is 0.430 e. The van der Waals surface area contributed by atoms with Gasteiger partial charge in [0.2, 0.25) is 5.89 Å². The maximum absolute atomic E-state index is 13.3. The molecule has 0 aliphatic carbocycles. The van der Waals surface area contributed by atoms with Gasteiger partial charge in [-0.3, -0.25) is 0 Å². The van der Waals surface area contributed by atoms with Crippen LogP contribution in [-0.4, -0.2) is 44.7 Å². The van der Waals surface area contributed by atoms with Gasteiger partial charge in [-0.05, 0) is 56.3 Å². The number of aliphatic carboxylic acids is 1. The van der Waals surface area contributed by atoms with Crippen LogP contribution < -0.4 is 4.74 Å². The molecule has 0 unspecified atom stereocenters. The van der Waals surface area contributed by atoms with Crippen LogP contribution in [0.2, 0.25) is 0 Å². The maximum atomic E-state index is 13.3. The molecular formula is C25H20F6N2O5. The largest absolute Gasteiger partial charge is 0.482 e. The molecule has 38 heavy (non-hydrogen) atoms. The van der Waals surface area contributed by atoms with Crippen LogP contribution in [0.15, 0.2) is 52.9 Å². The molecule has 0 saturated heterocycles. The molecular weight excluding hydrogens is 522 g/mol. The van der Waals surface area contributed by atoms with Crippen molar-refractivity contribution < 1.29 is 50.5 Å². The molecule has 2 heterocycles. The molecule has 0 aliphatic rings. The number of aryl methyl sites for hydroxylation is 2. The summed E-state index contributed by atoms with van der Waals surface area (Å²) < 4.78 is 92.3. The molecule has 13 heteroatoms. The van der Waals surface area contributed by atoms with E-state index in [1.165, 1.54) is 6.07 Å². The second-order valence-electron chi connectivity index (χ2n) is 8.58. The Balaban J connectivity index is 1.64. The molecule has 2 aromatic heterocycles. The fourth-order valence-corrected chi connectivity index (χ4v) is 4.02. The van der Waals surface area contributed by atoms with Crippen molar-refractivity contribution in [3.63, 3.8) is 0 Å². The van der Waals surface area contributed by atoms with E-state index in [1.807, 2.05) is 0 Å². The van der Waals surface area contributed by atoms with E-state index in [-0.39, 0.29) is 17.8 Å². The number of benzene rings is 2. The van der Waals surface area contributed by atoms with E-state index in [0.29, 0.717) is 46.1 Å². The van der Waals surface area contributed by atoms with E-state index in [9.17, 15) is 36.2 Å². The monoisotopic (exact) mass is 542 g/mol. The lowest BCUT2D eigenvalue weighted by atomic mass is 9.91. The summed E-state index contributed by atoms with van der Waals surface area (Å²) in [6, 6.07) is 10.1. The number of ether oxygens (including phenoxy) is 1. The Morgan fingerprint density at radius 2 is 1.63 bits per heavy atom. The summed E-state index contributed by atoms with van der Waals surface area (Å²) in [7, 11) is 0. The fraction of sp³-hybridized carbons (Fsp3) is 0.280. The highest BCUT2D eigenvalue weighted by Crippen LogP contribution is 2.50. The van der Waals surface area contributed by atoms with Crippen molar-refractivity contribution in [3.8, 4) is 17.2 Å². The van der Waals surface area contributed by atoms with E-state index in [4.69, 9.17) is 14.3 Å². The predicted octanol–water partition coefficient (Wildman–Crippen LogP) is 5.74. The van der Waals surface area contributed by atoms with E-state index in [0.717, 1.165) is 6.07 Å². The zero-order chi connectivity index (χ0) is 28.0. The average Bonchev–Trinajstić information content (AvgIpc) is 3.34. The number of alkyl halides is 6. The molecule has 0 radical (unpaired) electrons. The van der Waals surface area contributed by atoms with Crippen LogP contribution in [0.4, 0.5) is 26.3 Å². The van der Waals surface area contributed by atoms with E-state index in [2.05, 4.69) is 4.98 Å². The molecule has 0 atom stereocenters. The van der Waals surface area contributed by atoms with Crippen LogP contribution in [0.3, 0.4) is 0 Å². The number of fused-ring (bicyclic) bond motifs is 1. The second kappa shape index (κ2) is 9.39. The van der Waals surface area contributed by atoms with Gasteiger partial charge in [-0.1, -0.05) is 6.07 Å². The van der Waals surface area contributed by atoms with Crippen molar-refractivity contribution in [2.45, 2.75) is 38.3 Å². The molecule has 0 saturated carbocycles. The first-order valence-electron chi connectivity index (χ1n) is 11.0. The molecule has 0 fully saturated rings. The lowest BCUT2D eigenvalue weighted by Gasteiger charge is -2.32. The third kappa shape index (κ3) is 4.80. The number of carboxylic acids is 1. The van der Waals surface area contributed by atoms with Gasteiger partial charge in [-0.25, -0.2) is 9.78 Å². The quantitative estimate of drug-likeness (QED) is 0.289. The summed E-state index contributed by atoms with van der Waals surface area (Å²) in [5, 5.41) is 18.5. The number of carboxylic acid groups (broad SMARTS) is 1. The third-order valence-corrected chi connectivity index (χ3v) is 6.01. The minimum Gasteiger partial charge on any atom is -0.482 e. The number of carbonyl (C=O) groups is 1. The standard InChI is InChI=1S/C25H20F6N2O5/c1-13-9-16-10-17(23(36,24(26,27)28)25(29,30)31)5-8-20(16)33(13)11-19-14(2)38-22(32-19)15-3-6-18(7-4-15)37-12-21(34)35/h3-10,36H,11-12H2,1-2H3,(H,34,35). The van der Waals surface area contributed by atoms with Crippen LogP contribution in [0.1, 0.15) is 22.7 Å². The summed E-state index contributed by atoms with van der Waals surface area (Å²) in [5.41, 5.74) is -4.45. The van der Waals surface area contributed by atoms with Crippen LogP contribution in [-0.2, 0) is 16.9 Å². The van der Waals surface area contributed by atoms with Crippen LogP contribution in [0, 0.1) is 13.8 Å². The van der Waals surface area contributed by atoms with Gasteiger partial charge in [0.1, 0.15) is 17.2 Å². The first-order valence-corrected chi connectivity index (χ1v) is 11.0. The van der Waals surface area contributed by atoms with Gasteiger partial charge in [0.15, 0.2) is 6.61 Å². The number of aromatic nitrogens is 2. The molecule has 202 valence electrons. The van der Waals surface area contributed by atoms with Crippen LogP contribution in [0.25, 0.3) is 22.4 Å². The Hall–Kier alpha value is -4.00. The van der Waals surface area contributed by atoms with Gasteiger partial charge >= 0.3 is 18.3 Å². The van der Waals surface area contributed by atoms with Gasteiger partial charge < -0.3 is 23.9 Å². The first kappa shape index (κ1) is 27.0. The Bertz CT molecular complexity index is 1470. The van der Waals surface area contributed by atoms with Crippen molar-refractivity contribution in [2.75, 3.05) is 6.61 Å². The normalized spacial score (nSPS) is 12.8. The number of rotatable bonds is 7. The summed E-state index contributed by atoms with van der Waals surface area (Å²) in [5.74, 6) is -0.106. The molecule has 2 aromatic carbocycles. The Labute approximate surface area is 210 Å². The number of hydrogen-bond acceptors (Lipinski definition) is 5. The molecule has 4 aromatic rings. The average molecular weight is 542 g/mol. The highest BCUT2D eigenvalue weighted by molar-refractivity contribution is 5.82. The number of halogens is 6. The molecule has 2 N–H and O–H groups in total. The SMILES string of the molecule is Cc1oc(-c2ccc(OCC(=O)O)cc2)nc1Cn1c(C)cc2cc(C(O)(C(F)(F)F)C(F)(F)F)ccc21. The zero-order valence-electron chi connectivity index (χ0n) is 19.8. The topological polar surface area (TPSA) is 97.7 Å². The number of hydrogen-bond donors (Lipinski definition) is 2. The highest BCUT2D eigenvalue weighted by atomic mass is 19.4. The minimum atomic E-state index is -5.98. The number of nitrogens with zero attached hydrogens (tertiary/aromatic N) is 2. The summed E-state index contributed by atoms with van der Waals surface area (Å²) in [4.78, 5) is 15.1. The molecule has 4 rings (SSSR count). The van der Waals surface area contributed by atoms with Gasteiger partial charge in [0.05, 0.1) is 6.54 Å². The number of aliphatic hydroxyl groups is 1.